The number of carbonyl (C=O) groups is 1. The van der Waals surface area contributed by atoms with Crippen LogP contribution in [-0.4, -0.2) is 21.3 Å². The van der Waals surface area contributed by atoms with Gasteiger partial charge in [0, 0.05) is 11.5 Å². The minimum Gasteiger partial charge on any atom is -0.360 e. The molecule has 0 radical (unpaired) electrons. The minimum absolute atomic E-state index is 0.218. The molecule has 0 bridgehead atoms. The first-order valence-corrected chi connectivity index (χ1v) is 5.87. The molecule has 2 N–H and O–H groups in total. The highest BCUT2D eigenvalue weighted by Crippen LogP contribution is 2.09. The zero-order valence-electron chi connectivity index (χ0n) is 10.5. The van der Waals surface area contributed by atoms with Gasteiger partial charge in [0.15, 0.2) is 11.5 Å². The molecular formula is C13H10N4O3. The average molecular weight is 270 g/mol. The number of anilines is 1. The van der Waals surface area contributed by atoms with Crippen LogP contribution in [0.25, 0.3) is 10.9 Å². The fourth-order valence-corrected chi connectivity index (χ4v) is 1.83. The number of aromatic amines is 1. The van der Waals surface area contributed by atoms with E-state index in [1.54, 1.807) is 37.3 Å². The minimum atomic E-state index is -0.634. The van der Waals surface area contributed by atoms with Crippen molar-refractivity contribution in [2.75, 3.05) is 5.32 Å². The second kappa shape index (κ2) is 4.61. The van der Waals surface area contributed by atoms with Crippen molar-refractivity contribution in [1.82, 2.24) is 15.4 Å². The van der Waals surface area contributed by atoms with Crippen LogP contribution >= 0.6 is 0 Å². The molecule has 0 aliphatic carbocycles. The van der Waals surface area contributed by atoms with Gasteiger partial charge >= 0.3 is 0 Å². The molecule has 2 aromatic heterocycles. The summed E-state index contributed by atoms with van der Waals surface area (Å²) in [5.74, 6) is 0.160. The lowest BCUT2D eigenvalue weighted by Gasteiger charge is -2.01. The van der Waals surface area contributed by atoms with Crippen LogP contribution in [0.15, 0.2) is 39.6 Å². The highest BCUT2D eigenvalue weighted by Gasteiger charge is 2.16. The van der Waals surface area contributed by atoms with Crippen molar-refractivity contribution in [3.63, 3.8) is 0 Å². The van der Waals surface area contributed by atoms with E-state index < -0.39 is 11.3 Å². The number of H-pyrrole nitrogens is 1. The number of fused-ring (bicyclic) bond motifs is 1. The van der Waals surface area contributed by atoms with Gasteiger partial charge < -0.3 is 9.84 Å². The van der Waals surface area contributed by atoms with Crippen molar-refractivity contribution >= 4 is 22.6 Å². The Balaban J connectivity index is 1.99. The zero-order valence-corrected chi connectivity index (χ0v) is 10.5. The normalized spacial score (nSPS) is 10.7. The summed E-state index contributed by atoms with van der Waals surface area (Å²) in [6.45, 7) is 1.70. The van der Waals surface area contributed by atoms with Gasteiger partial charge in [0.1, 0.15) is 5.76 Å². The highest BCUT2D eigenvalue weighted by molar-refractivity contribution is 6.03. The number of hydrogen-bond donors (Lipinski definition) is 2. The molecular weight excluding hydrogens is 260 g/mol. The summed E-state index contributed by atoms with van der Waals surface area (Å²) in [5.41, 5.74) is -0.0762. The summed E-state index contributed by atoms with van der Waals surface area (Å²) < 4.78 is 4.83. The summed E-state index contributed by atoms with van der Waals surface area (Å²) in [6.07, 6.45) is 0. The molecule has 0 aliphatic heterocycles. The maximum absolute atomic E-state index is 12.2. The van der Waals surface area contributed by atoms with Gasteiger partial charge in [0.05, 0.1) is 5.52 Å². The number of rotatable bonds is 2. The van der Waals surface area contributed by atoms with Gasteiger partial charge in [-0.25, -0.2) is 0 Å². The second-order valence-electron chi connectivity index (χ2n) is 4.22. The SMILES string of the molecule is Cc1cc(NC(=O)c2n[nH]c3ccccc3c2=O)no1. The van der Waals surface area contributed by atoms with Crippen molar-refractivity contribution < 1.29 is 9.32 Å². The highest BCUT2D eigenvalue weighted by atomic mass is 16.5. The van der Waals surface area contributed by atoms with E-state index in [1.807, 2.05) is 0 Å². The lowest BCUT2D eigenvalue weighted by Crippen LogP contribution is -2.24. The topological polar surface area (TPSA) is 101 Å². The first-order chi connectivity index (χ1) is 9.65. The number of nitrogens with zero attached hydrogens (tertiary/aromatic N) is 2. The molecule has 100 valence electrons. The first-order valence-electron chi connectivity index (χ1n) is 5.87. The molecule has 2 heterocycles. The first kappa shape index (κ1) is 12.1. The lowest BCUT2D eigenvalue weighted by molar-refractivity contribution is 0.101. The Morgan fingerprint density at radius 1 is 1.35 bits per heavy atom. The molecule has 3 rings (SSSR count). The van der Waals surface area contributed by atoms with E-state index in [-0.39, 0.29) is 11.5 Å². The summed E-state index contributed by atoms with van der Waals surface area (Å²) >= 11 is 0. The lowest BCUT2D eigenvalue weighted by atomic mass is 10.2. The van der Waals surface area contributed by atoms with E-state index in [0.29, 0.717) is 16.7 Å². The number of aryl methyl sites for hydroxylation is 1. The summed E-state index contributed by atoms with van der Waals surface area (Å²) in [4.78, 5) is 24.2. The van der Waals surface area contributed by atoms with E-state index in [1.165, 1.54) is 0 Å². The van der Waals surface area contributed by atoms with Gasteiger partial charge in [-0.05, 0) is 19.1 Å². The molecule has 0 fully saturated rings. The Morgan fingerprint density at radius 3 is 2.90 bits per heavy atom. The predicted molar refractivity (Wildman–Crippen MR) is 71.6 cm³/mol. The number of para-hydroxylation sites is 1. The molecule has 1 amide bonds. The van der Waals surface area contributed by atoms with Gasteiger partial charge in [0.25, 0.3) is 5.91 Å². The van der Waals surface area contributed by atoms with Crippen molar-refractivity contribution in [1.29, 1.82) is 0 Å². The summed E-state index contributed by atoms with van der Waals surface area (Å²) in [7, 11) is 0. The van der Waals surface area contributed by atoms with Crippen LogP contribution in [0.4, 0.5) is 5.82 Å². The van der Waals surface area contributed by atoms with Crippen molar-refractivity contribution in [2.24, 2.45) is 0 Å². The molecule has 0 saturated heterocycles. The monoisotopic (exact) mass is 270 g/mol. The van der Waals surface area contributed by atoms with Gasteiger partial charge in [-0.1, -0.05) is 17.3 Å². The molecule has 0 spiro atoms. The van der Waals surface area contributed by atoms with E-state index in [9.17, 15) is 9.59 Å². The van der Waals surface area contributed by atoms with Gasteiger partial charge in [-0.2, -0.15) is 5.10 Å². The molecule has 0 aliphatic rings. The van der Waals surface area contributed by atoms with Gasteiger partial charge in [0.2, 0.25) is 5.43 Å². The third-order valence-corrected chi connectivity index (χ3v) is 2.76. The average Bonchev–Trinajstić information content (AvgIpc) is 2.84. The Morgan fingerprint density at radius 2 is 2.15 bits per heavy atom. The van der Waals surface area contributed by atoms with Crippen LogP contribution < -0.4 is 10.7 Å². The Bertz CT molecular complexity index is 850. The molecule has 0 atom stereocenters. The van der Waals surface area contributed by atoms with Crippen molar-refractivity contribution in [2.45, 2.75) is 6.92 Å². The van der Waals surface area contributed by atoms with E-state index in [2.05, 4.69) is 20.7 Å². The Kier molecular flexibility index (Phi) is 2.79. The quantitative estimate of drug-likeness (QED) is 0.734. The molecule has 1 aromatic carbocycles. The molecule has 7 nitrogen and oxygen atoms in total. The van der Waals surface area contributed by atoms with Crippen LogP contribution in [0.2, 0.25) is 0 Å². The fourth-order valence-electron chi connectivity index (χ4n) is 1.83. The molecule has 0 saturated carbocycles. The number of nitrogens with one attached hydrogen (secondary N) is 2. The second-order valence-corrected chi connectivity index (χ2v) is 4.22. The van der Waals surface area contributed by atoms with Crippen molar-refractivity contribution in [3.05, 3.63) is 52.0 Å². The van der Waals surface area contributed by atoms with Crippen LogP contribution in [0.5, 0.6) is 0 Å². The maximum Gasteiger partial charge on any atom is 0.281 e. The molecule has 20 heavy (non-hydrogen) atoms. The predicted octanol–water partition coefficient (Wildman–Crippen LogP) is 1.47. The Labute approximate surface area is 112 Å². The number of hydrogen-bond acceptors (Lipinski definition) is 5. The van der Waals surface area contributed by atoms with E-state index in [0.717, 1.165) is 0 Å². The third-order valence-electron chi connectivity index (χ3n) is 2.76. The fraction of sp³-hybridized carbons (Fsp3) is 0.0769. The molecule has 3 aromatic rings. The largest absolute Gasteiger partial charge is 0.360 e. The maximum atomic E-state index is 12.2. The molecule has 0 unspecified atom stereocenters. The van der Waals surface area contributed by atoms with Crippen molar-refractivity contribution in [3.8, 4) is 0 Å². The summed E-state index contributed by atoms with van der Waals surface area (Å²) in [6, 6.07) is 8.39. The molecule has 7 heteroatoms. The van der Waals surface area contributed by atoms with Crippen LogP contribution in [0.1, 0.15) is 16.2 Å². The zero-order chi connectivity index (χ0) is 14.1. The summed E-state index contributed by atoms with van der Waals surface area (Å²) in [5, 5.41) is 13.0. The van der Waals surface area contributed by atoms with Crippen LogP contribution in [0.3, 0.4) is 0 Å². The Hall–Kier alpha value is -2.96. The van der Waals surface area contributed by atoms with E-state index >= 15 is 0 Å². The number of aromatic nitrogens is 3. The smallest absolute Gasteiger partial charge is 0.281 e. The van der Waals surface area contributed by atoms with Crippen LogP contribution in [-0.2, 0) is 0 Å². The number of benzene rings is 1. The van der Waals surface area contributed by atoms with Gasteiger partial charge in [-0.3, -0.25) is 14.7 Å². The van der Waals surface area contributed by atoms with Crippen LogP contribution in [0, 0.1) is 6.92 Å². The van der Waals surface area contributed by atoms with Gasteiger partial charge in [-0.15, -0.1) is 0 Å². The standard InChI is InChI=1S/C13H10N4O3/c1-7-6-10(17-20-7)14-13(19)11-12(18)8-4-2-3-5-9(8)15-16-11/h2-6H,1H3,(H,15,18)(H,14,17,19). The number of carbonyl (C=O) groups excluding carboxylic acids is 1. The van der Waals surface area contributed by atoms with E-state index in [4.69, 9.17) is 4.52 Å². The third kappa shape index (κ3) is 2.05. The number of amides is 1.